The lowest BCUT2D eigenvalue weighted by molar-refractivity contribution is -0.140. The number of hydrogen-bond donors (Lipinski definition) is 1. The molecule has 2 amide bonds. The van der Waals surface area contributed by atoms with Crippen LogP contribution < -0.4 is 19.1 Å². The molecule has 50 heavy (non-hydrogen) atoms. The number of amides is 2. The van der Waals surface area contributed by atoms with Crippen LogP contribution >= 0.6 is 23.2 Å². The van der Waals surface area contributed by atoms with Crippen LogP contribution in [-0.2, 0) is 32.6 Å². The van der Waals surface area contributed by atoms with Crippen molar-refractivity contribution in [2.24, 2.45) is 0 Å². The van der Waals surface area contributed by atoms with Crippen molar-refractivity contribution in [3.8, 4) is 11.5 Å². The van der Waals surface area contributed by atoms with Crippen LogP contribution in [0.3, 0.4) is 0 Å². The van der Waals surface area contributed by atoms with E-state index in [1.807, 2.05) is 37.3 Å². The highest BCUT2D eigenvalue weighted by atomic mass is 35.5. The molecule has 12 heteroatoms. The summed E-state index contributed by atoms with van der Waals surface area (Å²) in [5.74, 6) is -0.353. The molecule has 9 nitrogen and oxygen atoms in total. The number of rotatable bonds is 14. The molecule has 1 aliphatic rings. The first-order chi connectivity index (χ1) is 24.0. The topological polar surface area (TPSA) is 105 Å². The number of benzene rings is 4. The number of carbonyl (C=O) groups excluding carboxylic acids is 2. The van der Waals surface area contributed by atoms with Crippen LogP contribution in [0.5, 0.6) is 11.5 Å². The highest BCUT2D eigenvalue weighted by molar-refractivity contribution is 7.92. The molecule has 0 saturated heterocycles. The van der Waals surface area contributed by atoms with E-state index >= 15 is 0 Å². The lowest BCUT2D eigenvalue weighted by Gasteiger charge is -2.34. The fourth-order valence-electron chi connectivity index (χ4n) is 6.10. The summed E-state index contributed by atoms with van der Waals surface area (Å²) in [5.41, 5.74) is 2.43. The van der Waals surface area contributed by atoms with Crippen molar-refractivity contribution in [2.75, 3.05) is 25.1 Å². The molecule has 0 bridgehead atoms. The summed E-state index contributed by atoms with van der Waals surface area (Å²) < 4.78 is 41.0. The number of nitrogens with one attached hydrogen (secondary N) is 1. The van der Waals surface area contributed by atoms with E-state index in [1.54, 1.807) is 42.5 Å². The highest BCUT2D eigenvalue weighted by Crippen LogP contribution is 2.36. The van der Waals surface area contributed by atoms with Crippen molar-refractivity contribution in [2.45, 2.75) is 62.6 Å². The van der Waals surface area contributed by atoms with Crippen molar-refractivity contribution in [1.82, 2.24) is 10.2 Å². The molecule has 1 atom stereocenters. The minimum absolute atomic E-state index is 0.0119. The number of aryl methyl sites for hydroxylation is 1. The zero-order valence-corrected chi connectivity index (χ0v) is 30.6. The first-order valence-corrected chi connectivity index (χ1v) is 18.6. The van der Waals surface area contributed by atoms with Gasteiger partial charge in [-0.2, -0.15) is 0 Å². The molecule has 0 aromatic heterocycles. The normalized spacial score (nSPS) is 13.8. The largest absolute Gasteiger partial charge is 0.497 e. The fourth-order valence-corrected chi connectivity index (χ4v) is 7.84. The smallest absolute Gasteiger partial charge is 0.264 e. The number of sulfonamides is 1. The van der Waals surface area contributed by atoms with Gasteiger partial charge in [-0.25, -0.2) is 8.42 Å². The maximum Gasteiger partial charge on any atom is 0.264 e. The van der Waals surface area contributed by atoms with E-state index in [9.17, 15) is 18.0 Å². The molecule has 5 rings (SSSR count). The third-order valence-corrected chi connectivity index (χ3v) is 11.4. The molecule has 0 aliphatic heterocycles. The van der Waals surface area contributed by atoms with Gasteiger partial charge in [0.05, 0.1) is 34.8 Å². The lowest BCUT2D eigenvalue weighted by atomic mass is 10.0. The number of halogens is 2. The van der Waals surface area contributed by atoms with Gasteiger partial charge in [0, 0.05) is 25.1 Å². The Hall–Kier alpha value is -4.25. The second-order valence-corrected chi connectivity index (χ2v) is 15.0. The van der Waals surface area contributed by atoms with Crippen molar-refractivity contribution < 1.29 is 27.5 Å². The summed E-state index contributed by atoms with van der Waals surface area (Å²) in [4.78, 5) is 30.5. The van der Waals surface area contributed by atoms with Gasteiger partial charge in [-0.3, -0.25) is 13.9 Å². The minimum Gasteiger partial charge on any atom is -0.497 e. The van der Waals surface area contributed by atoms with Gasteiger partial charge in [-0.05, 0) is 67.3 Å². The Bertz CT molecular complexity index is 1900. The Balaban J connectivity index is 1.63. The van der Waals surface area contributed by atoms with E-state index in [0.29, 0.717) is 16.3 Å². The van der Waals surface area contributed by atoms with Crippen molar-refractivity contribution in [3.63, 3.8) is 0 Å². The zero-order valence-electron chi connectivity index (χ0n) is 28.3. The van der Waals surface area contributed by atoms with E-state index in [-0.39, 0.29) is 46.3 Å². The minimum atomic E-state index is -4.35. The molecule has 264 valence electrons. The van der Waals surface area contributed by atoms with Gasteiger partial charge in [0.25, 0.3) is 10.0 Å². The van der Waals surface area contributed by atoms with Crippen LogP contribution in [0.2, 0.25) is 10.0 Å². The quantitative estimate of drug-likeness (QED) is 0.147. The lowest BCUT2D eigenvalue weighted by Crippen LogP contribution is -2.54. The van der Waals surface area contributed by atoms with Gasteiger partial charge in [-0.1, -0.05) is 90.1 Å². The van der Waals surface area contributed by atoms with Crippen LogP contribution in [0.4, 0.5) is 5.69 Å². The molecular weight excluding hydrogens is 697 g/mol. The molecular formula is C38H41Cl2N3O6S. The summed E-state index contributed by atoms with van der Waals surface area (Å²) in [6.07, 6.45) is 3.91. The molecule has 0 spiro atoms. The Morgan fingerprint density at radius 2 is 1.56 bits per heavy atom. The van der Waals surface area contributed by atoms with Crippen LogP contribution in [0.1, 0.15) is 42.4 Å². The Morgan fingerprint density at radius 3 is 2.20 bits per heavy atom. The van der Waals surface area contributed by atoms with E-state index in [4.69, 9.17) is 32.7 Å². The first-order valence-electron chi connectivity index (χ1n) is 16.4. The molecule has 1 saturated carbocycles. The van der Waals surface area contributed by atoms with Crippen LogP contribution in [0.15, 0.2) is 95.9 Å². The van der Waals surface area contributed by atoms with Gasteiger partial charge in [0.15, 0.2) is 0 Å². The number of hydrogen-bond acceptors (Lipinski definition) is 6. The maximum absolute atomic E-state index is 14.9. The van der Waals surface area contributed by atoms with Gasteiger partial charge in [0.2, 0.25) is 11.8 Å². The summed E-state index contributed by atoms with van der Waals surface area (Å²) in [6, 6.07) is 24.5. The van der Waals surface area contributed by atoms with Gasteiger partial charge < -0.3 is 19.7 Å². The molecule has 0 unspecified atom stereocenters. The molecule has 1 N–H and O–H groups in total. The average molecular weight is 739 g/mol. The van der Waals surface area contributed by atoms with E-state index < -0.39 is 28.5 Å². The van der Waals surface area contributed by atoms with Crippen LogP contribution in [0.25, 0.3) is 0 Å². The predicted octanol–water partition coefficient (Wildman–Crippen LogP) is 7.21. The summed E-state index contributed by atoms with van der Waals surface area (Å²) in [6.45, 7) is 1.16. The second-order valence-electron chi connectivity index (χ2n) is 12.3. The molecule has 0 heterocycles. The predicted molar refractivity (Wildman–Crippen MR) is 197 cm³/mol. The van der Waals surface area contributed by atoms with Crippen LogP contribution in [-0.4, -0.2) is 58.0 Å². The third-order valence-electron chi connectivity index (χ3n) is 8.85. The number of methoxy groups -OCH3 is 2. The number of ether oxygens (including phenoxy) is 2. The Labute approximate surface area is 304 Å². The fraction of sp³-hybridized carbons (Fsp3) is 0.316. The third kappa shape index (κ3) is 8.91. The standard InChI is InChI=1S/C38H41Cl2N3O6S/c1-26-13-17-31(18-14-26)50(46,47)43(34-23-30(48-2)16-20-36(34)49-3)25-37(44)42(24-28-15-19-32(39)33(40)21-28)35(22-27-9-5-4-6-10-27)38(45)41-29-11-7-8-12-29/h4-6,9-10,13-21,23,29,35H,7-8,11-12,22,24-25H2,1-3H3,(H,41,45)/t35-/m0/s1. The Kier molecular flexibility index (Phi) is 12.3. The zero-order chi connectivity index (χ0) is 35.8. The number of nitrogens with zero attached hydrogens (tertiary/aromatic N) is 2. The van der Waals surface area contributed by atoms with Gasteiger partial charge >= 0.3 is 0 Å². The summed E-state index contributed by atoms with van der Waals surface area (Å²) in [7, 11) is -1.47. The van der Waals surface area contributed by atoms with Gasteiger partial charge in [-0.15, -0.1) is 0 Å². The van der Waals surface area contributed by atoms with Crippen LogP contribution in [0, 0.1) is 6.92 Å². The molecule has 4 aromatic rings. The average Bonchev–Trinajstić information content (AvgIpc) is 3.63. The second kappa shape index (κ2) is 16.6. The summed E-state index contributed by atoms with van der Waals surface area (Å²) in [5, 5.41) is 3.80. The highest BCUT2D eigenvalue weighted by Gasteiger charge is 2.36. The van der Waals surface area contributed by atoms with E-state index in [2.05, 4.69) is 5.32 Å². The van der Waals surface area contributed by atoms with Crippen molar-refractivity contribution in [1.29, 1.82) is 0 Å². The first kappa shape index (κ1) is 37.0. The molecule has 0 radical (unpaired) electrons. The van der Waals surface area contributed by atoms with E-state index in [0.717, 1.165) is 41.1 Å². The van der Waals surface area contributed by atoms with E-state index in [1.165, 1.54) is 37.3 Å². The molecule has 1 aliphatic carbocycles. The number of carbonyl (C=O) groups is 2. The van der Waals surface area contributed by atoms with Crippen molar-refractivity contribution in [3.05, 3.63) is 118 Å². The van der Waals surface area contributed by atoms with Gasteiger partial charge in [0.1, 0.15) is 24.1 Å². The SMILES string of the molecule is COc1ccc(OC)c(N(CC(=O)N(Cc2ccc(Cl)c(Cl)c2)[C@@H](Cc2ccccc2)C(=O)NC2CCCC2)S(=O)(=O)c2ccc(C)cc2)c1. The van der Waals surface area contributed by atoms with Crippen molar-refractivity contribution >= 4 is 50.7 Å². The summed E-state index contributed by atoms with van der Waals surface area (Å²) >= 11 is 12.6. The number of anilines is 1. The Morgan fingerprint density at radius 1 is 0.860 bits per heavy atom. The monoisotopic (exact) mass is 737 g/mol. The molecule has 1 fully saturated rings. The molecule has 4 aromatic carbocycles. The maximum atomic E-state index is 14.9.